The van der Waals surface area contributed by atoms with Gasteiger partial charge in [0, 0.05) is 24.8 Å². The monoisotopic (exact) mass is 370 g/mol. The van der Waals surface area contributed by atoms with Crippen LogP contribution in [0, 0.1) is 5.82 Å². The van der Waals surface area contributed by atoms with E-state index in [1.54, 1.807) is 6.92 Å². The fraction of sp³-hybridized carbons (Fsp3) is 0.706. The van der Waals surface area contributed by atoms with Crippen molar-refractivity contribution in [3.63, 3.8) is 0 Å². The topological polar surface area (TPSA) is 100 Å². The van der Waals surface area contributed by atoms with Gasteiger partial charge in [-0.1, -0.05) is 0 Å². The van der Waals surface area contributed by atoms with Gasteiger partial charge < -0.3 is 14.9 Å². The highest BCUT2D eigenvalue weighted by atomic mass is 19.1. The second kappa shape index (κ2) is 8.34. The van der Waals surface area contributed by atoms with Crippen molar-refractivity contribution in [2.75, 3.05) is 6.54 Å². The van der Waals surface area contributed by atoms with E-state index >= 15 is 0 Å². The van der Waals surface area contributed by atoms with E-state index in [4.69, 9.17) is 4.74 Å². The molecular weight excluding hydrogens is 343 g/mol. The lowest BCUT2D eigenvalue weighted by atomic mass is 10.1. The zero-order valence-electron chi connectivity index (χ0n) is 15.7. The Hall–Kier alpha value is -1.68. The molecule has 0 spiro atoms. The van der Waals surface area contributed by atoms with Crippen LogP contribution in [0.15, 0.2) is 16.0 Å². The third-order valence-corrected chi connectivity index (χ3v) is 4.47. The lowest BCUT2D eigenvalue weighted by molar-refractivity contribution is -0.0355. The molecule has 8 nitrogen and oxygen atoms in total. The summed E-state index contributed by atoms with van der Waals surface area (Å²) in [5.74, 6) is -1.13. The number of rotatable bonds is 6. The Morgan fingerprint density at radius 1 is 1.35 bits per heavy atom. The normalized spacial score (nSPS) is 26.7. The van der Waals surface area contributed by atoms with Crippen LogP contribution in [-0.4, -0.2) is 67.8 Å². The minimum atomic E-state index is -1.34. The van der Waals surface area contributed by atoms with Crippen molar-refractivity contribution in [1.82, 2.24) is 14.5 Å². The third-order valence-electron chi connectivity index (χ3n) is 4.47. The molecular formula is C17H27FN4O4. The molecule has 1 aliphatic heterocycles. The first-order valence-electron chi connectivity index (χ1n) is 8.72. The maximum atomic E-state index is 14.3. The third kappa shape index (κ3) is 4.35. The van der Waals surface area contributed by atoms with Gasteiger partial charge in [-0.05, 0) is 34.6 Å². The fourth-order valence-corrected chi connectivity index (χ4v) is 3.01. The van der Waals surface area contributed by atoms with Crippen molar-refractivity contribution in [1.29, 1.82) is 0 Å². The summed E-state index contributed by atoms with van der Waals surface area (Å²) in [6.07, 6.45) is -1.97. The molecule has 146 valence electrons. The lowest BCUT2D eigenvalue weighted by Gasteiger charge is -2.28. The van der Waals surface area contributed by atoms with Gasteiger partial charge in [-0.2, -0.15) is 4.98 Å². The average molecular weight is 370 g/mol. The largest absolute Gasteiger partial charge is 0.388 e. The Balaban J connectivity index is 2.20. The van der Waals surface area contributed by atoms with Crippen LogP contribution in [0.3, 0.4) is 0 Å². The molecule has 4 atom stereocenters. The van der Waals surface area contributed by atoms with Gasteiger partial charge in [0.25, 0.3) is 0 Å². The van der Waals surface area contributed by atoms with Gasteiger partial charge in [0.1, 0.15) is 12.2 Å². The van der Waals surface area contributed by atoms with E-state index in [2.05, 4.69) is 42.6 Å². The first-order valence-corrected chi connectivity index (χ1v) is 8.72. The van der Waals surface area contributed by atoms with E-state index in [1.165, 1.54) is 6.21 Å². The highest BCUT2D eigenvalue weighted by Crippen LogP contribution is 2.28. The van der Waals surface area contributed by atoms with Gasteiger partial charge in [-0.15, -0.1) is 0 Å². The van der Waals surface area contributed by atoms with E-state index in [9.17, 15) is 19.4 Å². The number of halogens is 1. The Morgan fingerprint density at radius 2 is 1.96 bits per heavy atom. The van der Waals surface area contributed by atoms with Gasteiger partial charge in [-0.25, -0.2) is 14.2 Å². The number of nitrogens with zero attached hydrogens (tertiary/aromatic N) is 4. The number of hydrogen-bond donors (Lipinski definition) is 2. The molecule has 1 aliphatic rings. The summed E-state index contributed by atoms with van der Waals surface area (Å²) in [6.45, 7) is 10.3. The quantitative estimate of drug-likeness (QED) is 0.720. The molecule has 1 saturated heterocycles. The van der Waals surface area contributed by atoms with Crippen LogP contribution in [0.4, 0.5) is 10.2 Å². The predicted octanol–water partition coefficient (Wildman–Crippen LogP) is 0.843. The molecule has 1 aromatic heterocycles. The summed E-state index contributed by atoms with van der Waals surface area (Å²) in [4.78, 5) is 21.9. The average Bonchev–Trinajstić information content (AvgIpc) is 2.80. The number of ether oxygens (including phenoxy) is 1. The molecule has 1 aromatic rings. The highest BCUT2D eigenvalue weighted by Gasteiger charge is 2.42. The van der Waals surface area contributed by atoms with E-state index < -0.39 is 36.0 Å². The van der Waals surface area contributed by atoms with Gasteiger partial charge in [0.05, 0.1) is 12.3 Å². The summed E-state index contributed by atoms with van der Waals surface area (Å²) < 4.78 is 20.5. The highest BCUT2D eigenvalue weighted by molar-refractivity contribution is 5.63. The smallest absolute Gasteiger partial charge is 0.352 e. The fourth-order valence-electron chi connectivity index (χ4n) is 3.01. The van der Waals surface area contributed by atoms with Crippen molar-refractivity contribution in [2.45, 2.75) is 71.2 Å². The predicted molar refractivity (Wildman–Crippen MR) is 95.2 cm³/mol. The molecule has 1 fully saturated rings. The second-order valence-corrected chi connectivity index (χ2v) is 7.01. The van der Waals surface area contributed by atoms with Crippen molar-refractivity contribution in [3.05, 3.63) is 22.5 Å². The van der Waals surface area contributed by atoms with Crippen molar-refractivity contribution in [3.8, 4) is 0 Å². The van der Waals surface area contributed by atoms with Crippen LogP contribution < -0.4 is 5.69 Å². The number of aliphatic hydroxyl groups is 2. The summed E-state index contributed by atoms with van der Waals surface area (Å²) in [7, 11) is 0. The van der Waals surface area contributed by atoms with Gasteiger partial charge in [-0.3, -0.25) is 9.47 Å². The Kier molecular flexibility index (Phi) is 6.62. The maximum Gasteiger partial charge on any atom is 0.352 e. The number of aliphatic hydroxyl groups excluding tert-OH is 2. The standard InChI is InChI=1S/C17H27FN4O4/c1-9(2)21(10(3)4)7-6-19-15-12(18)8-22(17(25)20-15)16-14(24)13(23)11(5)26-16/h6,8-11,13-14,16,23-24H,7H2,1-5H3/t11-,13-,14-,16-/m1/s1. The van der Waals surface area contributed by atoms with Crippen LogP contribution in [-0.2, 0) is 4.74 Å². The van der Waals surface area contributed by atoms with Crippen LogP contribution in [0.1, 0.15) is 40.8 Å². The molecule has 9 heteroatoms. The molecule has 26 heavy (non-hydrogen) atoms. The molecule has 0 aromatic carbocycles. The van der Waals surface area contributed by atoms with Crippen molar-refractivity contribution < 1.29 is 19.3 Å². The molecule has 0 aliphatic carbocycles. The molecule has 0 saturated carbocycles. The molecule has 0 radical (unpaired) electrons. The van der Waals surface area contributed by atoms with E-state index in [-0.39, 0.29) is 5.82 Å². The lowest BCUT2D eigenvalue weighted by Crippen LogP contribution is -2.38. The van der Waals surface area contributed by atoms with Crippen LogP contribution in [0.2, 0.25) is 0 Å². The molecule has 0 amide bonds. The first kappa shape index (κ1) is 20.6. The summed E-state index contributed by atoms with van der Waals surface area (Å²) in [5.41, 5.74) is -0.812. The van der Waals surface area contributed by atoms with Crippen molar-refractivity contribution >= 4 is 12.0 Å². The Morgan fingerprint density at radius 3 is 2.46 bits per heavy atom. The molecule has 0 bridgehead atoms. The molecule has 2 N–H and O–H groups in total. The Bertz CT molecular complexity index is 698. The zero-order valence-corrected chi connectivity index (χ0v) is 15.7. The van der Waals surface area contributed by atoms with Crippen LogP contribution in [0.25, 0.3) is 0 Å². The van der Waals surface area contributed by atoms with Crippen LogP contribution in [0.5, 0.6) is 0 Å². The summed E-state index contributed by atoms with van der Waals surface area (Å²) >= 11 is 0. The minimum Gasteiger partial charge on any atom is -0.388 e. The maximum absolute atomic E-state index is 14.3. The molecule has 2 rings (SSSR count). The van der Waals surface area contributed by atoms with E-state index in [0.717, 1.165) is 10.8 Å². The van der Waals surface area contributed by atoms with Gasteiger partial charge >= 0.3 is 5.69 Å². The number of aromatic nitrogens is 2. The number of aliphatic imine (C=N–C) groups is 1. The molecule has 0 unspecified atom stereocenters. The summed E-state index contributed by atoms with van der Waals surface area (Å²) in [6, 6.07) is 0.586. The number of hydrogen-bond acceptors (Lipinski definition) is 7. The van der Waals surface area contributed by atoms with Gasteiger partial charge in [0.2, 0.25) is 0 Å². The van der Waals surface area contributed by atoms with Gasteiger partial charge in [0.15, 0.2) is 17.9 Å². The first-order chi connectivity index (χ1) is 12.1. The van der Waals surface area contributed by atoms with E-state index in [1.807, 2.05) is 0 Å². The zero-order chi connectivity index (χ0) is 19.6. The van der Waals surface area contributed by atoms with Crippen LogP contribution >= 0.6 is 0 Å². The summed E-state index contributed by atoms with van der Waals surface area (Å²) in [5, 5.41) is 19.7. The minimum absolute atomic E-state index is 0.293. The molecule has 2 heterocycles. The second-order valence-electron chi connectivity index (χ2n) is 7.01. The van der Waals surface area contributed by atoms with E-state index in [0.29, 0.717) is 18.6 Å². The Labute approximate surface area is 152 Å². The van der Waals surface area contributed by atoms with Crippen molar-refractivity contribution in [2.24, 2.45) is 4.99 Å². The SMILES string of the molecule is CC(C)N(CC=Nc1nc(=O)n([C@@H]2O[C@H](C)[C@@H](O)[C@H]2O)cc1F)C(C)C.